The molecular formula is C17H22N2O. The highest BCUT2D eigenvalue weighted by Crippen LogP contribution is 2.13. The van der Waals surface area contributed by atoms with Crippen LogP contribution >= 0.6 is 0 Å². The van der Waals surface area contributed by atoms with Crippen LogP contribution in [0.1, 0.15) is 17.5 Å². The van der Waals surface area contributed by atoms with E-state index in [-0.39, 0.29) is 0 Å². The second-order valence-corrected chi connectivity index (χ2v) is 4.73. The molecule has 106 valence electrons. The molecule has 3 nitrogen and oxygen atoms in total. The molecule has 0 atom stereocenters. The molecule has 2 aromatic rings. The molecule has 0 unspecified atom stereocenters. The molecule has 0 spiro atoms. The first kappa shape index (κ1) is 14.6. The Bertz CT molecular complexity index is 499. The van der Waals surface area contributed by atoms with E-state index in [0.29, 0.717) is 13.2 Å². The molecule has 0 aromatic heterocycles. The number of hydrogen-bond donors (Lipinski definition) is 2. The maximum atomic E-state index is 5.64. The minimum Gasteiger partial charge on any atom is -0.494 e. The Morgan fingerprint density at radius 1 is 0.900 bits per heavy atom. The Kier molecular flexibility index (Phi) is 6.08. The Labute approximate surface area is 120 Å². The lowest BCUT2D eigenvalue weighted by Crippen LogP contribution is -2.12. The minimum atomic E-state index is 0.665. The van der Waals surface area contributed by atoms with Gasteiger partial charge in [0.25, 0.3) is 0 Å². The number of hydrogen-bond acceptors (Lipinski definition) is 3. The van der Waals surface area contributed by atoms with Gasteiger partial charge in [0.2, 0.25) is 0 Å². The predicted octanol–water partition coefficient (Wildman–Crippen LogP) is 2.70. The van der Waals surface area contributed by atoms with Crippen molar-refractivity contribution < 1.29 is 4.74 Å². The zero-order chi connectivity index (χ0) is 14.0. The fraction of sp³-hybridized carbons (Fsp3) is 0.294. The highest BCUT2D eigenvalue weighted by atomic mass is 16.5. The van der Waals surface area contributed by atoms with Gasteiger partial charge < -0.3 is 15.8 Å². The van der Waals surface area contributed by atoms with Crippen LogP contribution in [0.25, 0.3) is 0 Å². The van der Waals surface area contributed by atoms with E-state index >= 15 is 0 Å². The van der Waals surface area contributed by atoms with Gasteiger partial charge in [0.1, 0.15) is 5.75 Å². The number of nitrogens with two attached hydrogens (primary N) is 1. The van der Waals surface area contributed by atoms with Crippen LogP contribution in [0.2, 0.25) is 0 Å². The van der Waals surface area contributed by atoms with Gasteiger partial charge in [0.15, 0.2) is 0 Å². The summed E-state index contributed by atoms with van der Waals surface area (Å²) in [4.78, 5) is 0. The largest absolute Gasteiger partial charge is 0.494 e. The van der Waals surface area contributed by atoms with Crippen molar-refractivity contribution in [2.45, 2.75) is 19.5 Å². The van der Waals surface area contributed by atoms with Crippen LogP contribution in [0.5, 0.6) is 5.75 Å². The third kappa shape index (κ3) is 5.03. The monoisotopic (exact) mass is 270 g/mol. The summed E-state index contributed by atoms with van der Waals surface area (Å²) in [7, 11) is 0. The third-order valence-corrected chi connectivity index (χ3v) is 3.02. The number of nitrogens with one attached hydrogen (secondary N) is 1. The Morgan fingerprint density at radius 3 is 2.45 bits per heavy atom. The zero-order valence-electron chi connectivity index (χ0n) is 11.7. The zero-order valence-corrected chi connectivity index (χ0v) is 11.7. The lowest BCUT2D eigenvalue weighted by Gasteiger charge is -2.08. The van der Waals surface area contributed by atoms with E-state index in [4.69, 9.17) is 10.5 Å². The Morgan fingerprint density at radius 2 is 1.65 bits per heavy atom. The van der Waals surface area contributed by atoms with Gasteiger partial charge in [0.05, 0.1) is 6.61 Å². The molecule has 2 rings (SSSR count). The van der Waals surface area contributed by atoms with Crippen molar-refractivity contribution >= 4 is 0 Å². The molecule has 0 aliphatic carbocycles. The third-order valence-electron chi connectivity index (χ3n) is 3.02. The van der Waals surface area contributed by atoms with Crippen molar-refractivity contribution in [3.8, 4) is 5.75 Å². The van der Waals surface area contributed by atoms with Crippen molar-refractivity contribution in [1.29, 1.82) is 0 Å². The van der Waals surface area contributed by atoms with Gasteiger partial charge in [-0.15, -0.1) is 0 Å². The summed E-state index contributed by atoms with van der Waals surface area (Å²) in [6.07, 6.45) is 0.885. The Hall–Kier alpha value is -1.84. The van der Waals surface area contributed by atoms with Crippen molar-refractivity contribution in [2.24, 2.45) is 5.73 Å². The second-order valence-electron chi connectivity index (χ2n) is 4.73. The van der Waals surface area contributed by atoms with E-state index < -0.39 is 0 Å². The lowest BCUT2D eigenvalue weighted by molar-refractivity contribution is 0.313. The summed E-state index contributed by atoms with van der Waals surface area (Å²) in [5.41, 5.74) is 7.98. The van der Waals surface area contributed by atoms with E-state index in [1.54, 1.807) is 0 Å². The molecule has 0 heterocycles. The fourth-order valence-corrected chi connectivity index (χ4v) is 1.97. The van der Waals surface area contributed by atoms with Gasteiger partial charge in [-0.05, 0) is 36.2 Å². The quantitative estimate of drug-likeness (QED) is 0.725. The first-order valence-corrected chi connectivity index (χ1v) is 7.05. The van der Waals surface area contributed by atoms with Crippen molar-refractivity contribution in [3.63, 3.8) is 0 Å². The standard InChI is InChI=1S/C17H22N2O/c18-10-5-11-20-17-9-4-8-16(12-17)14-19-13-15-6-2-1-3-7-15/h1-4,6-9,12,19H,5,10-11,13-14,18H2. The van der Waals surface area contributed by atoms with Crippen LogP contribution in [0.4, 0.5) is 0 Å². The molecule has 0 radical (unpaired) electrons. The summed E-state index contributed by atoms with van der Waals surface area (Å²) < 4.78 is 5.64. The topological polar surface area (TPSA) is 47.3 Å². The van der Waals surface area contributed by atoms with E-state index in [9.17, 15) is 0 Å². The molecule has 0 fully saturated rings. The molecule has 0 bridgehead atoms. The number of benzene rings is 2. The van der Waals surface area contributed by atoms with E-state index in [1.165, 1.54) is 11.1 Å². The molecular weight excluding hydrogens is 248 g/mol. The molecule has 0 aliphatic heterocycles. The van der Waals surface area contributed by atoms with Crippen LogP contribution in [-0.4, -0.2) is 13.2 Å². The molecule has 20 heavy (non-hydrogen) atoms. The normalized spacial score (nSPS) is 10.4. The van der Waals surface area contributed by atoms with Gasteiger partial charge in [-0.25, -0.2) is 0 Å². The molecule has 3 N–H and O–H groups in total. The van der Waals surface area contributed by atoms with Crippen LogP contribution in [0.15, 0.2) is 54.6 Å². The average Bonchev–Trinajstić information content (AvgIpc) is 2.49. The van der Waals surface area contributed by atoms with Crippen molar-refractivity contribution in [1.82, 2.24) is 5.32 Å². The molecule has 3 heteroatoms. The van der Waals surface area contributed by atoms with Crippen LogP contribution in [0, 0.1) is 0 Å². The van der Waals surface area contributed by atoms with Gasteiger partial charge in [0, 0.05) is 13.1 Å². The second kappa shape index (κ2) is 8.35. The first-order chi connectivity index (χ1) is 9.88. The first-order valence-electron chi connectivity index (χ1n) is 7.05. The highest BCUT2D eigenvalue weighted by molar-refractivity contribution is 5.28. The lowest BCUT2D eigenvalue weighted by atomic mass is 10.2. The Balaban J connectivity index is 1.79. The van der Waals surface area contributed by atoms with Crippen LogP contribution in [0.3, 0.4) is 0 Å². The maximum absolute atomic E-state index is 5.64. The molecule has 0 saturated carbocycles. The van der Waals surface area contributed by atoms with Gasteiger partial charge in [-0.3, -0.25) is 0 Å². The van der Waals surface area contributed by atoms with Crippen LogP contribution < -0.4 is 15.8 Å². The maximum Gasteiger partial charge on any atom is 0.119 e. The SMILES string of the molecule is NCCCOc1cccc(CNCc2ccccc2)c1. The smallest absolute Gasteiger partial charge is 0.119 e. The predicted molar refractivity (Wildman–Crippen MR) is 82.6 cm³/mol. The highest BCUT2D eigenvalue weighted by Gasteiger charge is 1.97. The summed E-state index contributed by atoms with van der Waals surface area (Å²) in [6, 6.07) is 18.6. The molecule has 2 aromatic carbocycles. The van der Waals surface area contributed by atoms with Crippen molar-refractivity contribution in [2.75, 3.05) is 13.2 Å². The minimum absolute atomic E-state index is 0.665. The van der Waals surface area contributed by atoms with Gasteiger partial charge in [-0.1, -0.05) is 42.5 Å². The van der Waals surface area contributed by atoms with Crippen molar-refractivity contribution in [3.05, 3.63) is 65.7 Å². The van der Waals surface area contributed by atoms with E-state index in [2.05, 4.69) is 41.7 Å². The van der Waals surface area contributed by atoms with Crippen LogP contribution in [-0.2, 0) is 13.1 Å². The summed E-state index contributed by atoms with van der Waals surface area (Å²) in [5.74, 6) is 0.914. The molecule has 0 amide bonds. The fourth-order valence-electron chi connectivity index (χ4n) is 1.97. The number of ether oxygens (including phenoxy) is 1. The van der Waals surface area contributed by atoms with Gasteiger partial charge >= 0.3 is 0 Å². The van der Waals surface area contributed by atoms with E-state index in [0.717, 1.165) is 25.3 Å². The van der Waals surface area contributed by atoms with Gasteiger partial charge in [-0.2, -0.15) is 0 Å². The molecule has 0 saturated heterocycles. The molecule has 0 aliphatic rings. The summed E-state index contributed by atoms with van der Waals surface area (Å²) in [6.45, 7) is 3.05. The summed E-state index contributed by atoms with van der Waals surface area (Å²) in [5, 5.41) is 3.44. The number of rotatable bonds is 8. The van der Waals surface area contributed by atoms with E-state index in [1.807, 2.05) is 18.2 Å². The summed E-state index contributed by atoms with van der Waals surface area (Å²) >= 11 is 0. The average molecular weight is 270 g/mol.